The lowest BCUT2D eigenvalue weighted by Crippen LogP contribution is -2.44. The summed E-state index contributed by atoms with van der Waals surface area (Å²) in [6.45, 7) is 12.3. The lowest BCUT2D eigenvalue weighted by molar-refractivity contribution is 0.156. The molecule has 20 heavy (non-hydrogen) atoms. The number of benzene rings is 1. The summed E-state index contributed by atoms with van der Waals surface area (Å²) < 4.78 is 0. The third-order valence-corrected chi connectivity index (χ3v) is 4.58. The molecule has 0 aliphatic heterocycles. The molecule has 0 heterocycles. The number of rotatable bonds is 8. The molecule has 0 fully saturated rings. The van der Waals surface area contributed by atoms with E-state index in [-0.39, 0.29) is 0 Å². The number of aryl methyl sites for hydroxylation is 1. The first-order chi connectivity index (χ1) is 9.54. The van der Waals surface area contributed by atoms with Crippen molar-refractivity contribution in [2.24, 2.45) is 0 Å². The van der Waals surface area contributed by atoms with Gasteiger partial charge in [0.1, 0.15) is 0 Å². The van der Waals surface area contributed by atoms with Crippen molar-refractivity contribution in [1.82, 2.24) is 10.2 Å². The number of nitrogens with one attached hydrogen (secondary N) is 1. The van der Waals surface area contributed by atoms with Gasteiger partial charge in [0.05, 0.1) is 0 Å². The molecule has 0 radical (unpaired) electrons. The molecule has 0 amide bonds. The number of hydrogen-bond acceptors (Lipinski definition) is 2. The molecule has 114 valence electrons. The van der Waals surface area contributed by atoms with Crippen molar-refractivity contribution in [2.75, 3.05) is 13.6 Å². The molecule has 0 saturated heterocycles. The Kier molecular flexibility index (Phi) is 7.25. The van der Waals surface area contributed by atoms with Gasteiger partial charge in [-0.15, -0.1) is 0 Å². The Morgan fingerprint density at radius 3 is 2.10 bits per heavy atom. The van der Waals surface area contributed by atoms with E-state index in [4.69, 9.17) is 0 Å². The predicted molar refractivity (Wildman–Crippen MR) is 89.2 cm³/mol. The molecule has 1 N–H and O–H groups in total. The molecular formula is C18H32N2. The largest absolute Gasteiger partial charge is 0.309 e. The van der Waals surface area contributed by atoms with Crippen molar-refractivity contribution in [1.29, 1.82) is 0 Å². The summed E-state index contributed by atoms with van der Waals surface area (Å²) in [4.78, 5) is 2.49. The smallest absolute Gasteiger partial charge is 0.0475 e. The molecule has 0 aliphatic carbocycles. The van der Waals surface area contributed by atoms with Gasteiger partial charge in [0.2, 0.25) is 0 Å². The van der Waals surface area contributed by atoms with E-state index in [1.54, 1.807) is 0 Å². The molecule has 0 bridgehead atoms. The minimum atomic E-state index is 0.393. The highest BCUT2D eigenvalue weighted by Crippen LogP contribution is 2.23. The minimum Gasteiger partial charge on any atom is -0.309 e. The van der Waals surface area contributed by atoms with Crippen molar-refractivity contribution in [3.05, 3.63) is 35.4 Å². The average molecular weight is 276 g/mol. The van der Waals surface area contributed by atoms with Crippen molar-refractivity contribution >= 4 is 0 Å². The number of hydrogen-bond donors (Lipinski definition) is 1. The third kappa shape index (κ3) is 4.32. The Morgan fingerprint density at radius 1 is 1.05 bits per heavy atom. The molecule has 1 aromatic carbocycles. The summed E-state index contributed by atoms with van der Waals surface area (Å²) >= 11 is 0. The molecule has 0 aliphatic rings. The first kappa shape index (κ1) is 17.2. The van der Waals surface area contributed by atoms with Gasteiger partial charge in [-0.3, -0.25) is 4.90 Å². The molecule has 3 unspecified atom stereocenters. The van der Waals surface area contributed by atoms with Crippen LogP contribution in [0.5, 0.6) is 0 Å². The van der Waals surface area contributed by atoms with E-state index in [0.717, 1.165) is 13.0 Å². The highest BCUT2D eigenvalue weighted by atomic mass is 15.2. The minimum absolute atomic E-state index is 0.393. The van der Waals surface area contributed by atoms with Crippen LogP contribution in [0.25, 0.3) is 0 Å². The van der Waals surface area contributed by atoms with Gasteiger partial charge >= 0.3 is 0 Å². The van der Waals surface area contributed by atoms with Crippen LogP contribution in [0.15, 0.2) is 24.3 Å². The zero-order chi connectivity index (χ0) is 15.1. The molecule has 1 aromatic rings. The monoisotopic (exact) mass is 276 g/mol. The molecular weight excluding hydrogens is 244 g/mol. The average Bonchev–Trinajstić information content (AvgIpc) is 2.50. The van der Waals surface area contributed by atoms with Crippen LogP contribution in [0.3, 0.4) is 0 Å². The molecule has 1 rings (SSSR count). The van der Waals surface area contributed by atoms with Crippen LogP contribution in [-0.2, 0) is 6.42 Å². The van der Waals surface area contributed by atoms with Crippen LogP contribution in [0.4, 0.5) is 0 Å². The van der Waals surface area contributed by atoms with E-state index in [1.165, 1.54) is 17.5 Å². The fourth-order valence-corrected chi connectivity index (χ4v) is 2.67. The number of nitrogens with zero attached hydrogens (tertiary/aromatic N) is 1. The Bertz CT molecular complexity index is 372. The SMILES string of the molecule is CCNC(c1ccc(CC)cc1)C(C)N(C)C(C)CC. The highest BCUT2D eigenvalue weighted by Gasteiger charge is 2.24. The second kappa shape index (κ2) is 8.43. The summed E-state index contributed by atoms with van der Waals surface area (Å²) in [5, 5.41) is 3.65. The zero-order valence-corrected chi connectivity index (χ0v) is 14.1. The first-order valence-electron chi connectivity index (χ1n) is 8.09. The normalized spacial score (nSPS) is 16.1. The zero-order valence-electron chi connectivity index (χ0n) is 14.1. The van der Waals surface area contributed by atoms with E-state index < -0.39 is 0 Å². The molecule has 2 nitrogen and oxygen atoms in total. The third-order valence-electron chi connectivity index (χ3n) is 4.58. The van der Waals surface area contributed by atoms with Gasteiger partial charge in [0.15, 0.2) is 0 Å². The van der Waals surface area contributed by atoms with Gasteiger partial charge in [-0.25, -0.2) is 0 Å². The molecule has 0 aromatic heterocycles. The van der Waals surface area contributed by atoms with Crippen LogP contribution in [0, 0.1) is 0 Å². The van der Waals surface area contributed by atoms with Crippen LogP contribution in [-0.4, -0.2) is 30.6 Å². The molecule has 2 heteroatoms. The Labute approximate surface area is 125 Å². The lowest BCUT2D eigenvalue weighted by Gasteiger charge is -2.36. The van der Waals surface area contributed by atoms with Gasteiger partial charge in [-0.05, 0) is 51.4 Å². The summed E-state index contributed by atoms with van der Waals surface area (Å²) in [5.74, 6) is 0. The molecule has 0 spiro atoms. The predicted octanol–water partition coefficient (Wildman–Crippen LogP) is 4.02. The topological polar surface area (TPSA) is 15.3 Å². The van der Waals surface area contributed by atoms with Gasteiger partial charge in [-0.2, -0.15) is 0 Å². The van der Waals surface area contributed by atoms with Gasteiger partial charge in [0, 0.05) is 18.1 Å². The number of likely N-dealkylation sites (N-methyl/N-ethyl adjacent to an activating group) is 2. The Morgan fingerprint density at radius 2 is 1.65 bits per heavy atom. The Hall–Kier alpha value is -0.860. The maximum Gasteiger partial charge on any atom is 0.0475 e. The fraction of sp³-hybridized carbons (Fsp3) is 0.667. The lowest BCUT2D eigenvalue weighted by atomic mass is 9.96. The van der Waals surface area contributed by atoms with E-state index in [0.29, 0.717) is 18.1 Å². The van der Waals surface area contributed by atoms with E-state index >= 15 is 0 Å². The molecule has 0 saturated carbocycles. The van der Waals surface area contributed by atoms with Gasteiger partial charge in [-0.1, -0.05) is 45.0 Å². The quantitative estimate of drug-likeness (QED) is 0.771. The standard InChI is InChI=1S/C18H32N2/c1-7-14(4)20(6)15(5)18(19-9-3)17-12-10-16(8-2)11-13-17/h10-15,18-19H,7-9H2,1-6H3. The van der Waals surface area contributed by atoms with Crippen molar-refractivity contribution < 1.29 is 0 Å². The van der Waals surface area contributed by atoms with Crippen molar-refractivity contribution in [3.8, 4) is 0 Å². The van der Waals surface area contributed by atoms with Crippen LogP contribution in [0.2, 0.25) is 0 Å². The van der Waals surface area contributed by atoms with Crippen molar-refractivity contribution in [2.45, 2.75) is 65.6 Å². The summed E-state index contributed by atoms with van der Waals surface area (Å²) in [6.07, 6.45) is 2.29. The van der Waals surface area contributed by atoms with Crippen molar-refractivity contribution in [3.63, 3.8) is 0 Å². The first-order valence-corrected chi connectivity index (χ1v) is 8.09. The summed E-state index contributed by atoms with van der Waals surface area (Å²) in [5.41, 5.74) is 2.80. The van der Waals surface area contributed by atoms with E-state index in [1.807, 2.05) is 0 Å². The van der Waals surface area contributed by atoms with Crippen LogP contribution in [0.1, 0.15) is 58.2 Å². The van der Waals surface area contributed by atoms with Gasteiger partial charge in [0.25, 0.3) is 0 Å². The fourth-order valence-electron chi connectivity index (χ4n) is 2.67. The van der Waals surface area contributed by atoms with Crippen LogP contribution < -0.4 is 5.32 Å². The van der Waals surface area contributed by atoms with E-state index in [9.17, 15) is 0 Å². The second-order valence-corrected chi connectivity index (χ2v) is 5.79. The Balaban J connectivity index is 2.91. The maximum absolute atomic E-state index is 3.65. The highest BCUT2D eigenvalue weighted by molar-refractivity contribution is 5.26. The summed E-state index contributed by atoms with van der Waals surface area (Å²) in [7, 11) is 2.24. The van der Waals surface area contributed by atoms with E-state index in [2.05, 4.69) is 76.1 Å². The molecule has 3 atom stereocenters. The summed E-state index contributed by atoms with van der Waals surface area (Å²) in [6, 6.07) is 10.6. The van der Waals surface area contributed by atoms with Gasteiger partial charge < -0.3 is 5.32 Å². The second-order valence-electron chi connectivity index (χ2n) is 5.79. The maximum atomic E-state index is 3.65. The van der Waals surface area contributed by atoms with Crippen LogP contribution >= 0.6 is 0 Å².